The Hall–Kier alpha value is -2.04. The second kappa shape index (κ2) is 4.68. The Kier molecular flexibility index (Phi) is 3.23. The van der Waals surface area contributed by atoms with Gasteiger partial charge in [-0.3, -0.25) is 9.59 Å². The Morgan fingerprint density at radius 3 is 2.83 bits per heavy atom. The van der Waals surface area contributed by atoms with Gasteiger partial charge in [0.2, 0.25) is 0 Å². The number of rotatable bonds is 2. The van der Waals surface area contributed by atoms with E-state index in [1.165, 1.54) is 6.21 Å². The van der Waals surface area contributed by atoms with Crippen LogP contribution in [0.4, 0.5) is 5.82 Å². The molecule has 1 atom stereocenters. The molecule has 2 heterocycles. The van der Waals surface area contributed by atoms with Gasteiger partial charge in [-0.15, -0.1) is 0 Å². The van der Waals surface area contributed by atoms with Crippen LogP contribution in [0.3, 0.4) is 0 Å². The third kappa shape index (κ3) is 2.03. The number of pyridine rings is 1. The summed E-state index contributed by atoms with van der Waals surface area (Å²) in [5, 5.41) is 0. The molecule has 1 aliphatic heterocycles. The molecule has 0 fully saturated rings. The first-order valence-electron chi connectivity index (χ1n) is 5.78. The van der Waals surface area contributed by atoms with E-state index in [4.69, 9.17) is 4.74 Å². The molecule has 1 aliphatic rings. The third-order valence-electron chi connectivity index (χ3n) is 2.74. The number of aromatic nitrogens is 1. The van der Waals surface area contributed by atoms with Gasteiger partial charge in [0, 0.05) is 11.9 Å². The minimum absolute atomic E-state index is 0.244. The number of hydrogen-bond acceptors (Lipinski definition) is 5. The standard InChI is InChI=1S/C13H14N2O3/c1-4-18-13(17)9-6-14-12-10(11(9)16)7(2)5-8(3)15-12/h5-6,9H,4H2,1-3H3. The van der Waals surface area contributed by atoms with Gasteiger partial charge in [0.25, 0.3) is 0 Å². The molecular formula is C13H14N2O3. The van der Waals surface area contributed by atoms with Crippen molar-refractivity contribution in [1.29, 1.82) is 0 Å². The number of nitrogens with zero attached hydrogens (tertiary/aromatic N) is 2. The number of Topliss-reactive ketones (excluding diaryl/α,β-unsaturated/α-hetero) is 1. The molecule has 0 N–H and O–H groups in total. The van der Waals surface area contributed by atoms with Crippen molar-refractivity contribution >= 4 is 23.8 Å². The Balaban J connectivity index is 2.43. The molecule has 2 rings (SSSR count). The second-order valence-corrected chi connectivity index (χ2v) is 4.15. The van der Waals surface area contributed by atoms with Crippen molar-refractivity contribution in [3.05, 3.63) is 22.9 Å². The van der Waals surface area contributed by atoms with E-state index < -0.39 is 11.9 Å². The van der Waals surface area contributed by atoms with Crippen LogP contribution in [-0.2, 0) is 9.53 Å². The molecule has 5 heteroatoms. The zero-order valence-corrected chi connectivity index (χ0v) is 10.6. The van der Waals surface area contributed by atoms with Crippen molar-refractivity contribution in [2.45, 2.75) is 20.8 Å². The van der Waals surface area contributed by atoms with E-state index in [2.05, 4.69) is 9.98 Å². The summed E-state index contributed by atoms with van der Waals surface area (Å²) in [4.78, 5) is 32.2. The van der Waals surface area contributed by atoms with Crippen LogP contribution in [0.5, 0.6) is 0 Å². The molecule has 0 saturated carbocycles. The minimum Gasteiger partial charge on any atom is -0.465 e. The van der Waals surface area contributed by atoms with Crippen molar-refractivity contribution in [2.75, 3.05) is 6.61 Å². The summed E-state index contributed by atoms with van der Waals surface area (Å²) >= 11 is 0. The molecule has 1 unspecified atom stereocenters. The van der Waals surface area contributed by atoms with E-state index in [1.54, 1.807) is 13.0 Å². The highest BCUT2D eigenvalue weighted by molar-refractivity contribution is 6.22. The van der Waals surface area contributed by atoms with Crippen molar-refractivity contribution < 1.29 is 14.3 Å². The molecule has 5 nitrogen and oxygen atoms in total. The fourth-order valence-corrected chi connectivity index (χ4v) is 1.98. The summed E-state index contributed by atoms with van der Waals surface area (Å²) in [6.07, 6.45) is 1.31. The average Bonchev–Trinajstić information content (AvgIpc) is 2.28. The van der Waals surface area contributed by atoms with Crippen LogP contribution < -0.4 is 0 Å². The van der Waals surface area contributed by atoms with E-state index in [1.807, 2.05) is 13.8 Å². The van der Waals surface area contributed by atoms with Crippen LogP contribution >= 0.6 is 0 Å². The van der Waals surface area contributed by atoms with Gasteiger partial charge in [-0.1, -0.05) is 0 Å². The number of ether oxygens (including phenoxy) is 1. The van der Waals surface area contributed by atoms with Crippen molar-refractivity contribution in [1.82, 2.24) is 4.98 Å². The summed E-state index contributed by atoms with van der Waals surface area (Å²) in [6.45, 7) is 5.60. The predicted octanol–water partition coefficient (Wildman–Crippen LogP) is 1.78. The zero-order chi connectivity index (χ0) is 13.3. The smallest absolute Gasteiger partial charge is 0.322 e. The first-order chi connectivity index (χ1) is 8.54. The Morgan fingerprint density at radius 1 is 1.44 bits per heavy atom. The maximum absolute atomic E-state index is 12.2. The zero-order valence-electron chi connectivity index (χ0n) is 10.6. The number of hydrogen-bond donors (Lipinski definition) is 0. The van der Waals surface area contributed by atoms with Gasteiger partial charge < -0.3 is 4.74 Å². The summed E-state index contributed by atoms with van der Waals surface area (Å²) in [7, 11) is 0. The number of esters is 1. The lowest BCUT2D eigenvalue weighted by molar-refractivity contribution is -0.143. The molecular weight excluding hydrogens is 232 g/mol. The number of carbonyl (C=O) groups is 2. The normalized spacial score (nSPS) is 17.5. The van der Waals surface area contributed by atoms with Crippen LogP contribution in [-0.4, -0.2) is 29.6 Å². The molecule has 0 saturated heterocycles. The van der Waals surface area contributed by atoms with Crippen molar-refractivity contribution in [2.24, 2.45) is 10.9 Å². The molecule has 0 aliphatic carbocycles. The van der Waals surface area contributed by atoms with Crippen LogP contribution in [0.25, 0.3) is 0 Å². The molecule has 0 amide bonds. The third-order valence-corrected chi connectivity index (χ3v) is 2.74. The molecule has 0 radical (unpaired) electrons. The molecule has 18 heavy (non-hydrogen) atoms. The summed E-state index contributed by atoms with van der Waals surface area (Å²) in [6, 6.07) is 1.81. The van der Waals surface area contributed by atoms with E-state index in [-0.39, 0.29) is 12.4 Å². The van der Waals surface area contributed by atoms with Gasteiger partial charge in [-0.05, 0) is 32.4 Å². The predicted molar refractivity (Wildman–Crippen MR) is 66.3 cm³/mol. The van der Waals surface area contributed by atoms with E-state index in [0.717, 1.165) is 11.3 Å². The number of fused-ring (bicyclic) bond motifs is 1. The second-order valence-electron chi connectivity index (χ2n) is 4.15. The van der Waals surface area contributed by atoms with Crippen LogP contribution in [0.15, 0.2) is 11.1 Å². The van der Waals surface area contributed by atoms with Gasteiger partial charge in [0.05, 0.1) is 12.2 Å². The summed E-state index contributed by atoms with van der Waals surface area (Å²) in [5.41, 5.74) is 2.00. The van der Waals surface area contributed by atoms with Crippen molar-refractivity contribution in [3.8, 4) is 0 Å². The quantitative estimate of drug-likeness (QED) is 0.589. The molecule has 0 aromatic carbocycles. The van der Waals surface area contributed by atoms with Gasteiger partial charge in [0.1, 0.15) is 0 Å². The highest BCUT2D eigenvalue weighted by atomic mass is 16.5. The van der Waals surface area contributed by atoms with Crippen molar-refractivity contribution in [3.63, 3.8) is 0 Å². The highest BCUT2D eigenvalue weighted by Crippen LogP contribution is 2.28. The Labute approximate surface area is 105 Å². The van der Waals surface area contributed by atoms with E-state index in [9.17, 15) is 9.59 Å². The maximum atomic E-state index is 12.2. The first-order valence-corrected chi connectivity index (χ1v) is 5.78. The lowest BCUT2D eigenvalue weighted by Crippen LogP contribution is -2.30. The number of ketones is 1. The van der Waals surface area contributed by atoms with E-state index in [0.29, 0.717) is 11.4 Å². The van der Waals surface area contributed by atoms with Gasteiger partial charge in [-0.25, -0.2) is 9.98 Å². The molecule has 1 aromatic heterocycles. The van der Waals surface area contributed by atoms with Gasteiger partial charge in [-0.2, -0.15) is 0 Å². The van der Waals surface area contributed by atoms with Crippen LogP contribution in [0.2, 0.25) is 0 Å². The minimum atomic E-state index is -0.944. The molecule has 1 aromatic rings. The fourth-order valence-electron chi connectivity index (χ4n) is 1.98. The topological polar surface area (TPSA) is 68.6 Å². The van der Waals surface area contributed by atoms with Crippen LogP contribution in [0.1, 0.15) is 28.5 Å². The monoisotopic (exact) mass is 246 g/mol. The molecule has 0 spiro atoms. The average molecular weight is 246 g/mol. The number of aryl methyl sites for hydroxylation is 2. The number of carbonyl (C=O) groups excluding carboxylic acids is 2. The first kappa shape index (κ1) is 12.4. The lowest BCUT2D eigenvalue weighted by atomic mass is 9.93. The Morgan fingerprint density at radius 2 is 2.17 bits per heavy atom. The van der Waals surface area contributed by atoms with Crippen LogP contribution in [0, 0.1) is 19.8 Å². The largest absolute Gasteiger partial charge is 0.465 e. The van der Waals surface area contributed by atoms with Gasteiger partial charge in [0.15, 0.2) is 17.5 Å². The fraction of sp³-hybridized carbons (Fsp3) is 0.385. The molecule has 0 bridgehead atoms. The van der Waals surface area contributed by atoms with E-state index >= 15 is 0 Å². The maximum Gasteiger partial charge on any atom is 0.322 e. The lowest BCUT2D eigenvalue weighted by Gasteiger charge is -2.17. The summed E-state index contributed by atoms with van der Waals surface area (Å²) < 4.78 is 4.86. The SMILES string of the molecule is CCOC(=O)C1C=Nc2nc(C)cc(C)c2C1=O. The number of aliphatic imine (C=N–C) groups is 1. The van der Waals surface area contributed by atoms with Gasteiger partial charge >= 0.3 is 5.97 Å². The highest BCUT2D eigenvalue weighted by Gasteiger charge is 2.33. The summed E-state index contributed by atoms with van der Waals surface area (Å²) in [5.74, 6) is -1.40. The Bertz CT molecular complexity index is 549. The molecule has 94 valence electrons.